The van der Waals surface area contributed by atoms with Crippen molar-refractivity contribution >= 4 is 21.8 Å². The van der Waals surface area contributed by atoms with Gasteiger partial charge in [0.2, 0.25) is 5.95 Å². The van der Waals surface area contributed by atoms with E-state index in [2.05, 4.69) is 24.7 Å². The van der Waals surface area contributed by atoms with Crippen molar-refractivity contribution in [2.75, 3.05) is 4.72 Å². The van der Waals surface area contributed by atoms with Crippen LogP contribution in [0, 0.1) is 6.92 Å². The van der Waals surface area contributed by atoms with Crippen LogP contribution in [0.25, 0.3) is 10.4 Å². The lowest BCUT2D eigenvalue weighted by atomic mass is 10.4. The van der Waals surface area contributed by atoms with Crippen LogP contribution in [0.1, 0.15) is 5.69 Å². The summed E-state index contributed by atoms with van der Waals surface area (Å²) in [7, 11) is -3.77. The van der Waals surface area contributed by atoms with Crippen LogP contribution >= 0.6 is 0 Å². The molecule has 9 heteroatoms. The molecule has 20 heavy (non-hydrogen) atoms. The van der Waals surface area contributed by atoms with Crippen molar-refractivity contribution < 1.29 is 8.42 Å². The second kappa shape index (κ2) is 5.55. The Hall–Kier alpha value is -2.64. The Bertz CT molecular complexity index is 769. The van der Waals surface area contributed by atoms with Crippen molar-refractivity contribution in [2.45, 2.75) is 11.8 Å². The zero-order valence-corrected chi connectivity index (χ0v) is 11.2. The number of rotatable bonds is 4. The second-order valence-electron chi connectivity index (χ2n) is 3.80. The van der Waals surface area contributed by atoms with E-state index in [1.54, 1.807) is 25.1 Å². The minimum absolute atomic E-state index is 0.0470. The van der Waals surface area contributed by atoms with Crippen LogP contribution in [0.5, 0.6) is 0 Å². The minimum atomic E-state index is -3.77. The highest BCUT2D eigenvalue weighted by Gasteiger charge is 2.15. The first-order chi connectivity index (χ1) is 9.51. The number of hydrogen-bond donors (Lipinski definition) is 1. The molecule has 102 valence electrons. The summed E-state index contributed by atoms with van der Waals surface area (Å²) in [5, 5.41) is 3.33. The van der Waals surface area contributed by atoms with Gasteiger partial charge in [0.1, 0.15) is 5.82 Å². The number of anilines is 1. The molecule has 0 fully saturated rings. The van der Waals surface area contributed by atoms with E-state index in [0.29, 0.717) is 5.69 Å². The van der Waals surface area contributed by atoms with Crippen molar-refractivity contribution in [1.29, 1.82) is 0 Å². The van der Waals surface area contributed by atoms with Gasteiger partial charge in [0.25, 0.3) is 10.0 Å². The summed E-state index contributed by atoms with van der Waals surface area (Å²) in [6.07, 6.45) is 0. The summed E-state index contributed by atoms with van der Waals surface area (Å²) in [6, 6.07) is 9.27. The molecule has 0 saturated heterocycles. The van der Waals surface area contributed by atoms with Gasteiger partial charge in [-0.3, -0.25) is 0 Å². The highest BCUT2D eigenvalue weighted by Crippen LogP contribution is 2.16. The maximum Gasteiger partial charge on any atom is 0.264 e. The van der Waals surface area contributed by atoms with Gasteiger partial charge in [-0.2, -0.15) is 0 Å². The van der Waals surface area contributed by atoms with Crippen LogP contribution in [0.2, 0.25) is 0 Å². The number of azide groups is 1. The standard InChI is InChI=1S/C11H10N6O2S/c1-8-7-10(15-17-12)14-11(13-8)16-20(18,19)9-5-3-2-4-6-9/h2-7H,1H3,(H,13,14,16). The molecule has 0 atom stereocenters. The molecule has 0 saturated carbocycles. The van der Waals surface area contributed by atoms with Crippen molar-refractivity contribution in [3.8, 4) is 0 Å². The average molecular weight is 290 g/mol. The molecule has 0 unspecified atom stereocenters. The molecule has 0 aliphatic heterocycles. The number of aryl methyl sites for hydroxylation is 1. The van der Waals surface area contributed by atoms with Crippen LogP contribution in [-0.4, -0.2) is 18.4 Å². The van der Waals surface area contributed by atoms with Gasteiger partial charge in [0.15, 0.2) is 0 Å². The van der Waals surface area contributed by atoms with Crippen LogP contribution in [-0.2, 0) is 10.0 Å². The molecule has 1 aromatic heterocycles. The maximum absolute atomic E-state index is 12.1. The van der Waals surface area contributed by atoms with Gasteiger partial charge in [-0.1, -0.05) is 18.2 Å². The van der Waals surface area contributed by atoms with Crippen molar-refractivity contribution in [3.05, 3.63) is 52.5 Å². The third-order valence-corrected chi connectivity index (χ3v) is 3.61. The van der Waals surface area contributed by atoms with E-state index in [0.717, 1.165) is 0 Å². The van der Waals surface area contributed by atoms with Crippen LogP contribution < -0.4 is 4.72 Å². The highest BCUT2D eigenvalue weighted by molar-refractivity contribution is 7.92. The fraction of sp³-hybridized carbons (Fsp3) is 0.0909. The van der Waals surface area contributed by atoms with Crippen LogP contribution in [0.15, 0.2) is 46.4 Å². The summed E-state index contributed by atoms with van der Waals surface area (Å²) in [6.45, 7) is 1.64. The zero-order chi connectivity index (χ0) is 14.6. The molecule has 2 rings (SSSR count). The Morgan fingerprint density at radius 2 is 1.95 bits per heavy atom. The first-order valence-electron chi connectivity index (χ1n) is 5.50. The monoisotopic (exact) mass is 290 g/mol. The first-order valence-corrected chi connectivity index (χ1v) is 6.98. The lowest BCUT2D eigenvalue weighted by Gasteiger charge is -2.07. The van der Waals surface area contributed by atoms with Gasteiger partial charge in [-0.25, -0.2) is 23.1 Å². The third-order valence-electron chi connectivity index (χ3n) is 2.27. The van der Waals surface area contributed by atoms with E-state index in [-0.39, 0.29) is 16.7 Å². The topological polar surface area (TPSA) is 121 Å². The molecular formula is C11H10N6O2S. The lowest BCUT2D eigenvalue weighted by Crippen LogP contribution is -2.15. The van der Waals surface area contributed by atoms with Crippen molar-refractivity contribution in [3.63, 3.8) is 0 Å². The Morgan fingerprint density at radius 1 is 1.25 bits per heavy atom. The van der Waals surface area contributed by atoms with Gasteiger partial charge in [-0.15, -0.1) is 0 Å². The zero-order valence-electron chi connectivity index (χ0n) is 10.4. The SMILES string of the molecule is Cc1cc(N=[N+]=[N-])nc(NS(=O)(=O)c2ccccc2)n1. The number of aromatic nitrogens is 2. The molecule has 1 heterocycles. The van der Waals surface area contributed by atoms with Crippen LogP contribution in [0.3, 0.4) is 0 Å². The average Bonchev–Trinajstić information content (AvgIpc) is 2.39. The molecule has 0 spiro atoms. The molecule has 8 nitrogen and oxygen atoms in total. The van der Waals surface area contributed by atoms with E-state index in [4.69, 9.17) is 5.53 Å². The van der Waals surface area contributed by atoms with Gasteiger partial charge in [0.05, 0.1) is 4.90 Å². The Morgan fingerprint density at radius 3 is 2.60 bits per heavy atom. The molecule has 2 aromatic rings. The number of benzene rings is 1. The fourth-order valence-electron chi connectivity index (χ4n) is 1.47. The summed E-state index contributed by atoms with van der Waals surface area (Å²) in [4.78, 5) is 10.4. The third kappa shape index (κ3) is 3.22. The molecule has 0 bridgehead atoms. The van der Waals surface area contributed by atoms with Crippen molar-refractivity contribution in [2.24, 2.45) is 5.11 Å². The first kappa shape index (κ1) is 13.8. The van der Waals surface area contributed by atoms with E-state index in [9.17, 15) is 8.42 Å². The predicted octanol–water partition coefficient (Wildman–Crippen LogP) is 2.53. The van der Waals surface area contributed by atoms with E-state index >= 15 is 0 Å². The molecule has 1 aromatic carbocycles. The maximum atomic E-state index is 12.1. The quantitative estimate of drug-likeness (QED) is 0.528. The fourth-order valence-corrected chi connectivity index (χ4v) is 2.44. The molecule has 0 radical (unpaired) electrons. The molecule has 0 amide bonds. The summed E-state index contributed by atoms with van der Waals surface area (Å²) < 4.78 is 26.4. The minimum Gasteiger partial charge on any atom is -0.247 e. The van der Waals surface area contributed by atoms with Crippen LogP contribution in [0.4, 0.5) is 11.8 Å². The van der Waals surface area contributed by atoms with E-state index < -0.39 is 10.0 Å². The lowest BCUT2D eigenvalue weighted by molar-refractivity contribution is 0.601. The summed E-state index contributed by atoms with van der Waals surface area (Å²) >= 11 is 0. The van der Waals surface area contributed by atoms with E-state index in [1.807, 2.05) is 0 Å². The Kier molecular flexibility index (Phi) is 3.83. The molecule has 0 aliphatic carbocycles. The van der Waals surface area contributed by atoms with Gasteiger partial charge in [0, 0.05) is 10.6 Å². The van der Waals surface area contributed by atoms with E-state index in [1.165, 1.54) is 18.2 Å². The second-order valence-corrected chi connectivity index (χ2v) is 5.48. The van der Waals surface area contributed by atoms with Gasteiger partial charge in [-0.05, 0) is 35.8 Å². The molecule has 0 aliphatic rings. The number of nitrogens with one attached hydrogen (secondary N) is 1. The molecular weight excluding hydrogens is 280 g/mol. The van der Waals surface area contributed by atoms with Gasteiger partial charge < -0.3 is 0 Å². The normalized spacial score (nSPS) is 10.7. The number of hydrogen-bond acceptors (Lipinski definition) is 5. The number of sulfonamides is 1. The number of nitrogens with zero attached hydrogens (tertiary/aromatic N) is 5. The highest BCUT2D eigenvalue weighted by atomic mass is 32.2. The smallest absolute Gasteiger partial charge is 0.247 e. The largest absolute Gasteiger partial charge is 0.264 e. The van der Waals surface area contributed by atoms with Crippen molar-refractivity contribution in [1.82, 2.24) is 9.97 Å². The summed E-state index contributed by atoms with van der Waals surface area (Å²) in [5.41, 5.74) is 8.85. The predicted molar refractivity (Wildman–Crippen MR) is 72.8 cm³/mol. The molecule has 1 N–H and O–H groups in total. The summed E-state index contributed by atoms with van der Waals surface area (Å²) in [5.74, 6) is -0.0954. The Balaban J connectivity index is 2.37. The van der Waals surface area contributed by atoms with Gasteiger partial charge >= 0.3 is 0 Å². The Labute approximate surface area is 115 Å².